The Balaban J connectivity index is 2.05. The van der Waals surface area contributed by atoms with Crippen LogP contribution in [0, 0.1) is 5.82 Å². The Labute approximate surface area is 118 Å². The summed E-state index contributed by atoms with van der Waals surface area (Å²) in [5.41, 5.74) is 5.57. The predicted molar refractivity (Wildman–Crippen MR) is 69.9 cm³/mol. The molecule has 0 radical (unpaired) electrons. The van der Waals surface area contributed by atoms with Crippen molar-refractivity contribution < 1.29 is 19.1 Å². The van der Waals surface area contributed by atoms with Crippen molar-refractivity contribution in [3.63, 3.8) is 0 Å². The van der Waals surface area contributed by atoms with E-state index in [1.165, 1.54) is 16.9 Å². The third-order valence-corrected chi connectivity index (χ3v) is 2.58. The van der Waals surface area contributed by atoms with Crippen molar-refractivity contribution in [2.24, 2.45) is 5.73 Å². The number of amides is 1. The SMILES string of the molecule is NCc1cn(CC(=O)Nc2ccc(F)c(C(=O)O)c2)nn1. The van der Waals surface area contributed by atoms with Gasteiger partial charge in [-0.1, -0.05) is 5.21 Å². The number of rotatable bonds is 5. The van der Waals surface area contributed by atoms with E-state index >= 15 is 0 Å². The van der Waals surface area contributed by atoms with Crippen LogP contribution < -0.4 is 11.1 Å². The number of nitrogens with two attached hydrogens (primary N) is 1. The van der Waals surface area contributed by atoms with Crippen LogP contribution in [-0.2, 0) is 17.9 Å². The van der Waals surface area contributed by atoms with Crippen LogP contribution in [0.3, 0.4) is 0 Å². The lowest BCUT2D eigenvalue weighted by Crippen LogP contribution is -2.19. The first-order chi connectivity index (χ1) is 9.99. The number of aromatic nitrogens is 3. The number of aromatic carboxylic acids is 1. The van der Waals surface area contributed by atoms with E-state index in [4.69, 9.17) is 10.8 Å². The van der Waals surface area contributed by atoms with E-state index in [0.29, 0.717) is 5.69 Å². The molecule has 1 amide bonds. The molecule has 0 bridgehead atoms. The van der Waals surface area contributed by atoms with Gasteiger partial charge in [-0.25, -0.2) is 13.9 Å². The lowest BCUT2D eigenvalue weighted by Gasteiger charge is -2.06. The van der Waals surface area contributed by atoms with Crippen molar-refractivity contribution >= 4 is 17.6 Å². The van der Waals surface area contributed by atoms with Crippen LogP contribution in [0.1, 0.15) is 16.1 Å². The zero-order valence-electron chi connectivity index (χ0n) is 10.8. The maximum absolute atomic E-state index is 13.2. The summed E-state index contributed by atoms with van der Waals surface area (Å²) in [6.07, 6.45) is 1.52. The molecule has 0 aliphatic rings. The fourth-order valence-electron chi connectivity index (χ4n) is 1.62. The van der Waals surface area contributed by atoms with Gasteiger partial charge in [0, 0.05) is 12.2 Å². The third kappa shape index (κ3) is 3.60. The normalized spacial score (nSPS) is 10.4. The molecule has 1 aromatic carbocycles. The predicted octanol–water partition coefficient (Wildman–Crippen LogP) is 0.213. The van der Waals surface area contributed by atoms with E-state index in [2.05, 4.69) is 15.6 Å². The number of carbonyl (C=O) groups excluding carboxylic acids is 1. The number of carbonyl (C=O) groups is 2. The summed E-state index contributed by atoms with van der Waals surface area (Å²) in [5, 5.41) is 18.7. The van der Waals surface area contributed by atoms with Gasteiger partial charge >= 0.3 is 5.97 Å². The Morgan fingerprint density at radius 1 is 1.43 bits per heavy atom. The molecule has 0 aliphatic carbocycles. The highest BCUT2D eigenvalue weighted by molar-refractivity contribution is 5.93. The van der Waals surface area contributed by atoms with Crippen LogP contribution in [0.4, 0.5) is 10.1 Å². The first-order valence-corrected chi connectivity index (χ1v) is 5.91. The minimum atomic E-state index is -1.41. The van der Waals surface area contributed by atoms with Crippen molar-refractivity contribution in [2.75, 3.05) is 5.32 Å². The van der Waals surface area contributed by atoms with E-state index in [9.17, 15) is 14.0 Å². The molecule has 0 fully saturated rings. The lowest BCUT2D eigenvalue weighted by atomic mass is 10.2. The Kier molecular flexibility index (Phi) is 4.24. The van der Waals surface area contributed by atoms with Gasteiger partial charge in [-0.05, 0) is 18.2 Å². The molecule has 8 nitrogen and oxygen atoms in total. The lowest BCUT2D eigenvalue weighted by molar-refractivity contribution is -0.116. The number of halogens is 1. The quantitative estimate of drug-likeness (QED) is 0.724. The Bertz CT molecular complexity index is 685. The number of hydrogen-bond donors (Lipinski definition) is 3. The van der Waals surface area contributed by atoms with Gasteiger partial charge in [0.25, 0.3) is 0 Å². The van der Waals surface area contributed by atoms with Crippen molar-refractivity contribution in [1.82, 2.24) is 15.0 Å². The molecule has 1 aromatic heterocycles. The number of benzene rings is 1. The fourth-order valence-corrected chi connectivity index (χ4v) is 1.62. The van der Waals surface area contributed by atoms with E-state index in [-0.39, 0.29) is 18.8 Å². The average Bonchev–Trinajstić information content (AvgIpc) is 2.88. The highest BCUT2D eigenvalue weighted by Crippen LogP contribution is 2.14. The maximum atomic E-state index is 13.2. The molecule has 0 spiro atoms. The summed E-state index contributed by atoms with van der Waals surface area (Å²) < 4.78 is 14.5. The van der Waals surface area contributed by atoms with Crippen LogP contribution in [0.15, 0.2) is 24.4 Å². The van der Waals surface area contributed by atoms with E-state index in [1.807, 2.05) is 0 Å². The molecule has 2 rings (SSSR count). The smallest absolute Gasteiger partial charge is 0.338 e. The first kappa shape index (κ1) is 14.6. The molecular weight excluding hydrogens is 281 g/mol. The summed E-state index contributed by atoms with van der Waals surface area (Å²) in [4.78, 5) is 22.6. The minimum absolute atomic E-state index is 0.118. The number of nitrogens with zero attached hydrogens (tertiary/aromatic N) is 3. The molecule has 110 valence electrons. The van der Waals surface area contributed by atoms with E-state index in [0.717, 1.165) is 12.1 Å². The van der Waals surface area contributed by atoms with Gasteiger partial charge in [-0.2, -0.15) is 0 Å². The van der Waals surface area contributed by atoms with Crippen molar-refractivity contribution in [1.29, 1.82) is 0 Å². The Hall–Kier alpha value is -2.81. The van der Waals surface area contributed by atoms with Crippen LogP contribution >= 0.6 is 0 Å². The molecule has 21 heavy (non-hydrogen) atoms. The Morgan fingerprint density at radius 3 is 2.81 bits per heavy atom. The fraction of sp³-hybridized carbons (Fsp3) is 0.167. The molecule has 0 atom stereocenters. The molecule has 9 heteroatoms. The van der Waals surface area contributed by atoms with Crippen molar-refractivity contribution in [3.05, 3.63) is 41.5 Å². The number of hydrogen-bond acceptors (Lipinski definition) is 5. The highest BCUT2D eigenvalue weighted by atomic mass is 19.1. The van der Waals surface area contributed by atoms with Gasteiger partial charge in [0.05, 0.1) is 17.5 Å². The van der Waals surface area contributed by atoms with Crippen LogP contribution in [0.25, 0.3) is 0 Å². The summed E-state index contributed by atoms with van der Waals surface area (Å²) in [6, 6.07) is 3.29. The monoisotopic (exact) mass is 293 g/mol. The summed E-state index contributed by atoms with van der Waals surface area (Å²) >= 11 is 0. The molecule has 0 aliphatic heterocycles. The first-order valence-electron chi connectivity index (χ1n) is 5.91. The van der Waals surface area contributed by atoms with Gasteiger partial charge in [0.15, 0.2) is 0 Å². The Morgan fingerprint density at radius 2 is 2.19 bits per heavy atom. The molecule has 4 N–H and O–H groups in total. The van der Waals surface area contributed by atoms with Gasteiger partial charge in [0.2, 0.25) is 5.91 Å². The van der Waals surface area contributed by atoms with Crippen LogP contribution in [0.2, 0.25) is 0 Å². The second-order valence-electron chi connectivity index (χ2n) is 4.16. The second kappa shape index (κ2) is 6.09. The minimum Gasteiger partial charge on any atom is -0.478 e. The summed E-state index contributed by atoms with van der Waals surface area (Å²) in [7, 11) is 0. The van der Waals surface area contributed by atoms with Crippen LogP contribution in [0.5, 0.6) is 0 Å². The molecule has 0 unspecified atom stereocenters. The second-order valence-corrected chi connectivity index (χ2v) is 4.16. The topological polar surface area (TPSA) is 123 Å². The molecular formula is C12H12FN5O3. The molecule has 1 heterocycles. The molecule has 0 saturated heterocycles. The van der Waals surface area contributed by atoms with Gasteiger partial charge < -0.3 is 16.2 Å². The summed E-state index contributed by atoms with van der Waals surface area (Å²) in [5.74, 6) is -2.73. The number of anilines is 1. The standard InChI is InChI=1S/C12H12FN5O3/c13-10-2-1-7(3-9(10)12(20)21)15-11(19)6-18-5-8(4-14)16-17-18/h1-3,5H,4,6,14H2,(H,15,19)(H,20,21). The van der Waals surface area contributed by atoms with E-state index in [1.54, 1.807) is 0 Å². The molecule has 2 aromatic rings. The van der Waals surface area contributed by atoms with Gasteiger partial charge in [-0.15, -0.1) is 5.10 Å². The number of nitrogens with one attached hydrogen (secondary N) is 1. The third-order valence-electron chi connectivity index (χ3n) is 2.58. The van der Waals surface area contributed by atoms with Crippen molar-refractivity contribution in [2.45, 2.75) is 13.1 Å². The molecule has 0 saturated carbocycles. The van der Waals surface area contributed by atoms with Gasteiger partial charge in [0.1, 0.15) is 12.4 Å². The van der Waals surface area contributed by atoms with E-state index < -0.39 is 23.3 Å². The van der Waals surface area contributed by atoms with Gasteiger partial charge in [-0.3, -0.25) is 4.79 Å². The van der Waals surface area contributed by atoms with Crippen LogP contribution in [-0.4, -0.2) is 32.0 Å². The summed E-state index contributed by atoms with van der Waals surface area (Å²) in [6.45, 7) is 0.0916. The zero-order chi connectivity index (χ0) is 15.4. The largest absolute Gasteiger partial charge is 0.478 e. The zero-order valence-corrected chi connectivity index (χ0v) is 10.8. The van der Waals surface area contributed by atoms with Crippen molar-refractivity contribution in [3.8, 4) is 0 Å². The number of carboxylic acids is 1. The highest BCUT2D eigenvalue weighted by Gasteiger charge is 2.12. The average molecular weight is 293 g/mol. The maximum Gasteiger partial charge on any atom is 0.338 e. The number of carboxylic acid groups (broad SMARTS) is 1.